The second-order valence-electron chi connectivity index (χ2n) is 5.45. The van der Waals surface area contributed by atoms with Gasteiger partial charge in [0.2, 0.25) is 0 Å². The quantitative estimate of drug-likeness (QED) is 0.806. The summed E-state index contributed by atoms with van der Waals surface area (Å²) < 4.78 is 10.5. The van der Waals surface area contributed by atoms with Crippen molar-refractivity contribution >= 4 is 17.6 Å². The summed E-state index contributed by atoms with van der Waals surface area (Å²) in [5.74, 6) is 0.358. The van der Waals surface area contributed by atoms with Crippen LogP contribution >= 0.6 is 11.6 Å². The number of nitrogens with zero attached hydrogens (tertiary/aromatic N) is 1. The first-order valence-electron chi connectivity index (χ1n) is 6.96. The van der Waals surface area contributed by atoms with Gasteiger partial charge in [0.15, 0.2) is 12.4 Å². The number of benzene rings is 1. The maximum atomic E-state index is 12.5. The summed E-state index contributed by atoms with van der Waals surface area (Å²) in [5, 5.41) is 4.44. The molecule has 1 aliphatic carbocycles. The minimum absolute atomic E-state index is 0.120. The van der Waals surface area contributed by atoms with Crippen LogP contribution in [0.4, 0.5) is 0 Å². The lowest BCUT2D eigenvalue weighted by Crippen LogP contribution is -2.43. The Morgan fingerprint density at radius 2 is 2.10 bits per heavy atom. The van der Waals surface area contributed by atoms with Crippen molar-refractivity contribution in [2.45, 2.75) is 38.2 Å². The molecule has 0 N–H and O–H groups in total. The molecule has 1 saturated carbocycles. The van der Waals surface area contributed by atoms with Gasteiger partial charge in [0.05, 0.1) is 11.1 Å². The number of aryl methyl sites for hydroxylation is 1. The van der Waals surface area contributed by atoms with Gasteiger partial charge in [0.1, 0.15) is 0 Å². The smallest absolute Gasteiger partial charge is 0.317 e. The number of carbonyl (C=O) groups excluding carboxylic acids is 1. The zero-order chi connectivity index (χ0) is 14.9. The van der Waals surface area contributed by atoms with E-state index in [2.05, 4.69) is 5.16 Å². The largest absolute Gasteiger partial charge is 0.457 e. The van der Waals surface area contributed by atoms with Crippen molar-refractivity contribution < 1.29 is 14.1 Å². The van der Waals surface area contributed by atoms with Crippen molar-refractivity contribution in [2.24, 2.45) is 0 Å². The first-order valence-corrected chi connectivity index (χ1v) is 7.33. The molecule has 0 saturated heterocycles. The molecule has 1 aromatic carbocycles. The number of ether oxygens (including phenoxy) is 1. The summed E-state index contributed by atoms with van der Waals surface area (Å²) >= 11 is 5.91. The number of hydrogen-bond acceptors (Lipinski definition) is 4. The molecule has 0 spiro atoms. The Bertz CT molecular complexity index is 644. The monoisotopic (exact) mass is 305 g/mol. The number of hydrogen-bond donors (Lipinski definition) is 0. The zero-order valence-corrected chi connectivity index (χ0v) is 12.5. The van der Waals surface area contributed by atoms with E-state index in [4.69, 9.17) is 20.9 Å². The van der Waals surface area contributed by atoms with Gasteiger partial charge in [-0.15, -0.1) is 0 Å². The summed E-state index contributed by atoms with van der Waals surface area (Å²) in [5.41, 5.74) is 1.22. The van der Waals surface area contributed by atoms with E-state index < -0.39 is 5.41 Å². The molecule has 2 aromatic rings. The molecule has 3 rings (SSSR count). The lowest BCUT2D eigenvalue weighted by Gasteiger charge is -2.39. The Hall–Kier alpha value is -1.81. The maximum Gasteiger partial charge on any atom is 0.317 e. The average molecular weight is 306 g/mol. The molecule has 0 atom stereocenters. The van der Waals surface area contributed by atoms with Gasteiger partial charge >= 0.3 is 5.97 Å². The predicted molar refractivity (Wildman–Crippen MR) is 78.0 cm³/mol. The zero-order valence-electron chi connectivity index (χ0n) is 11.8. The van der Waals surface area contributed by atoms with E-state index in [-0.39, 0.29) is 12.6 Å². The van der Waals surface area contributed by atoms with E-state index in [9.17, 15) is 4.79 Å². The maximum absolute atomic E-state index is 12.5. The molecule has 0 aliphatic heterocycles. The Morgan fingerprint density at radius 1 is 1.38 bits per heavy atom. The van der Waals surface area contributed by atoms with Crippen LogP contribution in [0.15, 0.2) is 34.9 Å². The van der Waals surface area contributed by atoms with E-state index in [0.717, 1.165) is 30.5 Å². The van der Waals surface area contributed by atoms with Gasteiger partial charge in [0, 0.05) is 11.1 Å². The Labute approximate surface area is 128 Å². The average Bonchev–Trinajstić information content (AvgIpc) is 2.83. The van der Waals surface area contributed by atoms with Gasteiger partial charge in [-0.1, -0.05) is 35.3 Å². The van der Waals surface area contributed by atoms with E-state index in [1.807, 2.05) is 31.2 Å². The van der Waals surface area contributed by atoms with Gasteiger partial charge in [0.25, 0.3) is 0 Å². The summed E-state index contributed by atoms with van der Waals surface area (Å²) in [6, 6.07) is 9.19. The molecule has 4 nitrogen and oxygen atoms in total. The third-order valence-corrected chi connectivity index (χ3v) is 4.27. The molecular formula is C16H16ClNO3. The normalized spacial score (nSPS) is 16.3. The third kappa shape index (κ3) is 2.68. The molecule has 110 valence electrons. The Morgan fingerprint density at radius 3 is 2.62 bits per heavy atom. The van der Waals surface area contributed by atoms with E-state index in [1.165, 1.54) is 0 Å². The number of carbonyl (C=O) groups is 1. The van der Waals surface area contributed by atoms with E-state index in [1.54, 1.807) is 6.07 Å². The van der Waals surface area contributed by atoms with Crippen LogP contribution in [0.25, 0.3) is 0 Å². The summed E-state index contributed by atoms with van der Waals surface area (Å²) in [7, 11) is 0. The second kappa shape index (κ2) is 5.53. The lowest BCUT2D eigenvalue weighted by molar-refractivity contribution is -0.156. The number of aromatic nitrogens is 1. The molecule has 1 fully saturated rings. The first kappa shape index (κ1) is 14.1. The minimum atomic E-state index is -0.528. The van der Waals surface area contributed by atoms with E-state index in [0.29, 0.717) is 10.8 Å². The van der Waals surface area contributed by atoms with E-state index >= 15 is 0 Å². The van der Waals surface area contributed by atoms with Crippen LogP contribution < -0.4 is 0 Å². The molecule has 0 unspecified atom stereocenters. The van der Waals surface area contributed by atoms with Gasteiger partial charge in [-0.05, 0) is 37.5 Å². The minimum Gasteiger partial charge on any atom is -0.457 e. The van der Waals surface area contributed by atoms with Gasteiger partial charge < -0.3 is 9.26 Å². The van der Waals surface area contributed by atoms with Crippen molar-refractivity contribution in [3.05, 3.63) is 52.4 Å². The highest BCUT2D eigenvalue weighted by Gasteiger charge is 2.47. The highest BCUT2D eigenvalue weighted by atomic mass is 35.5. The third-order valence-electron chi connectivity index (χ3n) is 4.02. The summed E-state index contributed by atoms with van der Waals surface area (Å²) in [4.78, 5) is 12.5. The highest BCUT2D eigenvalue weighted by Crippen LogP contribution is 2.45. The van der Waals surface area contributed by atoms with Crippen LogP contribution in [0.3, 0.4) is 0 Å². The van der Waals surface area contributed by atoms with Crippen LogP contribution in [0, 0.1) is 6.92 Å². The Balaban J connectivity index is 1.73. The van der Waals surface area contributed by atoms with Gasteiger partial charge in [-0.3, -0.25) is 4.79 Å². The van der Waals surface area contributed by atoms with Crippen LogP contribution in [0.1, 0.15) is 36.3 Å². The van der Waals surface area contributed by atoms with Crippen molar-refractivity contribution in [2.75, 3.05) is 0 Å². The summed E-state index contributed by atoms with van der Waals surface area (Å²) in [6.07, 6.45) is 2.64. The summed E-state index contributed by atoms with van der Waals surface area (Å²) in [6.45, 7) is 1.95. The fourth-order valence-corrected chi connectivity index (χ4v) is 2.80. The molecule has 0 bridgehead atoms. The van der Waals surface area contributed by atoms with Crippen LogP contribution in [0.5, 0.6) is 0 Å². The van der Waals surface area contributed by atoms with Crippen LogP contribution in [-0.4, -0.2) is 11.1 Å². The molecule has 5 heteroatoms. The fraction of sp³-hybridized carbons (Fsp3) is 0.375. The highest BCUT2D eigenvalue weighted by molar-refractivity contribution is 6.30. The molecule has 21 heavy (non-hydrogen) atoms. The fourth-order valence-electron chi connectivity index (χ4n) is 2.67. The molecule has 0 amide bonds. The number of rotatable bonds is 4. The second-order valence-corrected chi connectivity index (χ2v) is 5.89. The van der Waals surface area contributed by atoms with Crippen molar-refractivity contribution in [3.8, 4) is 0 Å². The van der Waals surface area contributed by atoms with Crippen molar-refractivity contribution in [1.29, 1.82) is 0 Å². The van der Waals surface area contributed by atoms with Gasteiger partial charge in [-0.25, -0.2) is 0 Å². The topological polar surface area (TPSA) is 52.3 Å². The SMILES string of the molecule is Cc1cc(COC(=O)C2(c3ccc(Cl)cc3)CCC2)on1. The van der Waals surface area contributed by atoms with Crippen molar-refractivity contribution in [3.63, 3.8) is 0 Å². The van der Waals surface area contributed by atoms with Crippen LogP contribution in [-0.2, 0) is 21.6 Å². The number of esters is 1. The molecule has 0 radical (unpaired) electrons. The molecule has 1 heterocycles. The molecular weight excluding hydrogens is 290 g/mol. The van der Waals surface area contributed by atoms with Crippen molar-refractivity contribution in [1.82, 2.24) is 5.16 Å². The Kier molecular flexibility index (Phi) is 3.72. The first-order chi connectivity index (χ1) is 10.1. The standard InChI is InChI=1S/C16H16ClNO3/c1-11-9-14(21-18-11)10-20-15(19)16(7-2-8-16)12-3-5-13(17)6-4-12/h3-6,9H,2,7-8,10H2,1H3. The number of halogens is 1. The molecule has 1 aliphatic rings. The predicted octanol–water partition coefficient (Wildman–Crippen LogP) is 3.80. The lowest BCUT2D eigenvalue weighted by atomic mass is 9.64. The van der Waals surface area contributed by atoms with Gasteiger partial charge in [-0.2, -0.15) is 0 Å². The molecule has 1 aromatic heterocycles. The van der Waals surface area contributed by atoms with Crippen LogP contribution in [0.2, 0.25) is 5.02 Å².